The Morgan fingerprint density at radius 3 is 2.75 bits per heavy atom. The Bertz CT molecular complexity index is 2470. The normalized spacial score (nSPS) is 19.8. The molecule has 0 aliphatic carbocycles. The highest BCUT2D eigenvalue weighted by Crippen LogP contribution is 2.49. The van der Waals surface area contributed by atoms with Crippen molar-refractivity contribution in [2.24, 2.45) is 0 Å². The molecule has 3 aliphatic heterocycles. The molecule has 5 heterocycles. The Morgan fingerprint density at radius 2 is 1.98 bits per heavy atom. The summed E-state index contributed by atoms with van der Waals surface area (Å²) >= 11 is 6.01. The van der Waals surface area contributed by atoms with E-state index in [9.17, 15) is 9.18 Å². The summed E-state index contributed by atoms with van der Waals surface area (Å²) in [6.45, 7) is 9.31. The summed E-state index contributed by atoms with van der Waals surface area (Å²) in [5.41, 5.74) is 8.21. The molecule has 4 aromatic carbocycles. The third-order valence-electron chi connectivity index (χ3n) is 10.6. The van der Waals surface area contributed by atoms with Crippen LogP contribution < -0.4 is 14.8 Å². The summed E-state index contributed by atoms with van der Waals surface area (Å²) in [5.74, 6) is 0.163. The minimum absolute atomic E-state index is 0.150. The fourth-order valence-electron chi connectivity index (χ4n) is 7.61. The molecule has 1 unspecified atom stereocenters. The van der Waals surface area contributed by atoms with Crippen LogP contribution in [0.15, 0.2) is 72.8 Å². The monoisotopic (exact) mass is 732 g/mol. The molecule has 3 aliphatic rings. The summed E-state index contributed by atoms with van der Waals surface area (Å²) in [5, 5.41) is 11.7. The largest absolute Gasteiger partial charge is 0.444 e. The number of benzene rings is 4. The Labute approximate surface area is 310 Å². The lowest BCUT2D eigenvalue weighted by molar-refractivity contribution is -0.0708. The number of amides is 1. The Hall–Kier alpha value is -5.23. The van der Waals surface area contributed by atoms with Crippen molar-refractivity contribution >= 4 is 50.7 Å². The number of rotatable bonds is 8. The number of ether oxygens (including phenoxy) is 3. The van der Waals surface area contributed by atoms with Gasteiger partial charge in [-0.25, -0.2) is 9.37 Å². The number of imidazole rings is 1. The maximum absolute atomic E-state index is 14.9. The Kier molecular flexibility index (Phi) is 8.25. The van der Waals surface area contributed by atoms with E-state index in [1.807, 2.05) is 62.4 Å². The first-order chi connectivity index (χ1) is 25.6. The zero-order chi connectivity index (χ0) is 36.4. The number of hydrogen-bond acceptors (Lipinski definition) is 7. The van der Waals surface area contributed by atoms with Gasteiger partial charge in [0.1, 0.15) is 11.6 Å². The van der Waals surface area contributed by atoms with Gasteiger partial charge in [0.2, 0.25) is 0 Å². The number of anilines is 1. The molecular weight excluding hydrogens is 695 g/mol. The fourth-order valence-corrected chi connectivity index (χ4v) is 7.77. The minimum atomic E-state index is -1.31. The maximum Gasteiger partial charge on any atom is 0.278 e. The van der Waals surface area contributed by atoms with Crippen molar-refractivity contribution in [1.29, 1.82) is 0 Å². The molecule has 0 bridgehead atoms. The van der Waals surface area contributed by atoms with Gasteiger partial charge in [-0.1, -0.05) is 29.8 Å². The van der Waals surface area contributed by atoms with Crippen LogP contribution >= 0.6 is 11.6 Å². The second-order valence-corrected chi connectivity index (χ2v) is 14.7. The van der Waals surface area contributed by atoms with E-state index in [1.54, 1.807) is 19.1 Å². The number of H-pyrrole nitrogens is 1. The molecule has 2 aromatic heterocycles. The molecule has 1 fully saturated rings. The average Bonchev–Trinajstić information content (AvgIpc) is 3.78. The number of halogens is 2. The number of para-hydroxylation sites is 1. The lowest BCUT2D eigenvalue weighted by atomic mass is 9.98. The van der Waals surface area contributed by atoms with Crippen molar-refractivity contribution in [3.8, 4) is 11.5 Å². The van der Waals surface area contributed by atoms with Gasteiger partial charge in [0, 0.05) is 59.5 Å². The van der Waals surface area contributed by atoms with E-state index in [0.29, 0.717) is 40.9 Å². The first-order valence-electron chi connectivity index (χ1n) is 17.9. The van der Waals surface area contributed by atoms with Gasteiger partial charge >= 0.3 is 0 Å². The molecule has 12 heteroatoms. The van der Waals surface area contributed by atoms with Gasteiger partial charge < -0.3 is 24.1 Å². The zero-order valence-corrected chi connectivity index (χ0v) is 30.4. The fraction of sp³-hybridized carbons (Fsp3) is 0.293. The molecular formula is C41H38ClFN6O4. The molecule has 1 saturated heterocycles. The van der Waals surface area contributed by atoms with Crippen LogP contribution in [0.4, 0.5) is 10.1 Å². The van der Waals surface area contributed by atoms with E-state index in [0.717, 1.165) is 82.7 Å². The second kappa shape index (κ2) is 13.0. The van der Waals surface area contributed by atoms with Gasteiger partial charge in [0.15, 0.2) is 11.5 Å². The van der Waals surface area contributed by atoms with Crippen molar-refractivity contribution < 1.29 is 23.4 Å². The molecule has 0 radical (unpaired) electrons. The summed E-state index contributed by atoms with van der Waals surface area (Å²) in [6.07, 6.45) is 4.18. The number of aryl methyl sites for hydroxylation is 2. The molecule has 0 saturated carbocycles. The molecule has 53 heavy (non-hydrogen) atoms. The van der Waals surface area contributed by atoms with E-state index in [-0.39, 0.29) is 17.6 Å². The van der Waals surface area contributed by atoms with Gasteiger partial charge in [-0.15, -0.1) is 0 Å². The molecule has 270 valence electrons. The van der Waals surface area contributed by atoms with E-state index in [4.69, 9.17) is 30.8 Å². The SMILES string of the molecule is Cc1[nH]nc2c(C)cc(C(=O)Nc3ccc4c(c3)nc(CN3CC=C(c5cccc6c5O[C@](C)(c5ccc(Cl)cc5F)O6)CC3)n4CC3CCO3)cc12. The number of aromatic nitrogens is 4. The third-order valence-corrected chi connectivity index (χ3v) is 10.8. The van der Waals surface area contributed by atoms with Crippen LogP contribution in [0.3, 0.4) is 0 Å². The number of nitrogens with zero attached hydrogens (tertiary/aromatic N) is 4. The predicted molar refractivity (Wildman–Crippen MR) is 202 cm³/mol. The molecule has 1 amide bonds. The van der Waals surface area contributed by atoms with Crippen molar-refractivity contribution in [3.05, 3.63) is 117 Å². The summed E-state index contributed by atoms with van der Waals surface area (Å²) in [4.78, 5) is 20.9. The standard InChI is InChI=1S/C41H38ClFN6O4/c1-23-17-26(18-31-24(2)46-47-38(23)31)40(50)44-28-8-10-35-34(20-28)45-37(49(35)21-29-13-16-51-29)22-48-14-11-25(12-15-48)30-5-4-6-36-39(30)53-41(3,52-36)32-9-7-27(42)19-33(32)43/h4-11,17-20,29H,12-16,21-22H2,1-3H3,(H,44,50)(H,46,47)/t29?,41-/m1/s1. The van der Waals surface area contributed by atoms with Gasteiger partial charge in [-0.3, -0.25) is 14.8 Å². The average molecular weight is 733 g/mol. The van der Waals surface area contributed by atoms with E-state index >= 15 is 0 Å². The van der Waals surface area contributed by atoms with Crippen LogP contribution in [0.5, 0.6) is 11.5 Å². The molecule has 0 spiro atoms. The van der Waals surface area contributed by atoms with Crippen molar-refractivity contribution in [2.45, 2.75) is 58.6 Å². The number of aromatic amines is 1. The van der Waals surface area contributed by atoms with E-state index < -0.39 is 11.6 Å². The number of carbonyl (C=O) groups excluding carboxylic acids is 1. The first kappa shape index (κ1) is 33.6. The predicted octanol–water partition coefficient (Wildman–Crippen LogP) is 8.30. The van der Waals surface area contributed by atoms with Gasteiger partial charge in [-0.2, -0.15) is 5.10 Å². The van der Waals surface area contributed by atoms with E-state index in [1.165, 1.54) is 6.07 Å². The molecule has 6 aromatic rings. The van der Waals surface area contributed by atoms with Crippen LogP contribution in [0.2, 0.25) is 5.02 Å². The molecule has 2 atom stereocenters. The first-order valence-corrected chi connectivity index (χ1v) is 18.3. The van der Waals surface area contributed by atoms with Crippen LogP contribution in [0, 0.1) is 19.7 Å². The highest BCUT2D eigenvalue weighted by atomic mass is 35.5. The summed E-state index contributed by atoms with van der Waals surface area (Å²) < 4.78 is 35.6. The summed E-state index contributed by atoms with van der Waals surface area (Å²) in [7, 11) is 0. The maximum atomic E-state index is 14.9. The topological polar surface area (TPSA) is 107 Å². The molecule has 2 N–H and O–H groups in total. The highest BCUT2D eigenvalue weighted by Gasteiger charge is 2.42. The van der Waals surface area contributed by atoms with Crippen molar-refractivity contribution in [1.82, 2.24) is 24.6 Å². The summed E-state index contributed by atoms with van der Waals surface area (Å²) in [6, 6.07) is 20.0. The van der Waals surface area contributed by atoms with Crippen molar-refractivity contribution in [2.75, 3.05) is 25.0 Å². The lowest BCUT2D eigenvalue weighted by Crippen LogP contribution is -2.33. The van der Waals surface area contributed by atoms with Crippen molar-refractivity contribution in [3.63, 3.8) is 0 Å². The minimum Gasteiger partial charge on any atom is -0.444 e. The van der Waals surface area contributed by atoms with Crippen LogP contribution in [0.1, 0.15) is 58.3 Å². The van der Waals surface area contributed by atoms with Gasteiger partial charge in [0.25, 0.3) is 11.7 Å². The van der Waals surface area contributed by atoms with E-state index in [2.05, 4.69) is 31.1 Å². The van der Waals surface area contributed by atoms with Gasteiger partial charge in [-0.05, 0) is 92.4 Å². The smallest absolute Gasteiger partial charge is 0.278 e. The molecule has 10 nitrogen and oxygen atoms in total. The van der Waals surface area contributed by atoms with Crippen LogP contribution in [-0.2, 0) is 23.6 Å². The number of nitrogens with one attached hydrogen (secondary N) is 2. The Balaban J connectivity index is 0.939. The third kappa shape index (κ3) is 6.12. The second-order valence-electron chi connectivity index (χ2n) is 14.2. The van der Waals surface area contributed by atoms with Crippen LogP contribution in [0.25, 0.3) is 27.5 Å². The zero-order valence-electron chi connectivity index (χ0n) is 29.6. The molecule has 9 rings (SSSR count). The Morgan fingerprint density at radius 1 is 1.11 bits per heavy atom. The number of carbonyl (C=O) groups is 1. The number of fused-ring (bicyclic) bond motifs is 3. The highest BCUT2D eigenvalue weighted by molar-refractivity contribution is 6.30. The number of hydrogen-bond donors (Lipinski definition) is 2. The lowest BCUT2D eigenvalue weighted by Gasteiger charge is -2.29. The van der Waals surface area contributed by atoms with Gasteiger partial charge in [0.05, 0.1) is 41.3 Å². The quantitative estimate of drug-likeness (QED) is 0.162. The van der Waals surface area contributed by atoms with Crippen LogP contribution in [-0.4, -0.2) is 56.4 Å².